The average Bonchev–Trinajstić information content (AvgIpc) is 3.67. The fourth-order valence-electron chi connectivity index (χ4n) is 10.2. The minimum atomic E-state index is 0.237. The summed E-state index contributed by atoms with van der Waals surface area (Å²) in [5.41, 5.74) is 19.6. The first-order chi connectivity index (χ1) is 24.8. The number of hydrogen-bond acceptors (Lipinski definition) is 0. The highest BCUT2D eigenvalue weighted by atomic mass is 14.5. The van der Waals surface area contributed by atoms with Crippen LogP contribution in [0.25, 0.3) is 55.0 Å². The van der Waals surface area contributed by atoms with E-state index in [2.05, 4.69) is 170 Å². The summed E-state index contributed by atoms with van der Waals surface area (Å²) in [6.07, 6.45) is 15.7. The minimum Gasteiger partial charge on any atom is -0.0676 e. The summed E-state index contributed by atoms with van der Waals surface area (Å²) in [4.78, 5) is 0. The van der Waals surface area contributed by atoms with Crippen LogP contribution in [-0.4, -0.2) is 0 Å². The van der Waals surface area contributed by atoms with E-state index in [1.54, 1.807) is 0 Å². The van der Waals surface area contributed by atoms with Gasteiger partial charge in [-0.1, -0.05) is 170 Å². The molecule has 0 amide bonds. The Balaban J connectivity index is 1.13. The molecule has 0 radical (unpaired) electrons. The molecule has 0 aromatic heterocycles. The first kappa shape index (κ1) is 26.9. The van der Waals surface area contributed by atoms with E-state index >= 15 is 0 Å². The van der Waals surface area contributed by atoms with Crippen LogP contribution >= 0.6 is 0 Å². The molecule has 6 aliphatic rings. The summed E-state index contributed by atoms with van der Waals surface area (Å²) >= 11 is 0. The summed E-state index contributed by atoms with van der Waals surface area (Å²) in [5, 5.41) is 5.46. The van der Waals surface area contributed by atoms with Gasteiger partial charge in [0.05, 0.1) is 0 Å². The molecule has 0 aliphatic heterocycles. The molecule has 12 rings (SSSR count). The molecule has 0 bridgehead atoms. The van der Waals surface area contributed by atoms with Gasteiger partial charge in [-0.15, -0.1) is 0 Å². The monoisotopic (exact) mass is 632 g/mol. The van der Waals surface area contributed by atoms with E-state index in [0.29, 0.717) is 0 Å². The lowest BCUT2D eigenvalue weighted by atomic mass is 9.60. The fourth-order valence-corrected chi connectivity index (χ4v) is 10.2. The molecule has 0 N–H and O–H groups in total. The van der Waals surface area contributed by atoms with Crippen LogP contribution in [0.5, 0.6) is 0 Å². The summed E-state index contributed by atoms with van der Waals surface area (Å²) in [6, 6.07) is 49.6. The number of hydrogen-bond donors (Lipinski definition) is 0. The van der Waals surface area contributed by atoms with Gasteiger partial charge in [-0.3, -0.25) is 0 Å². The molecule has 0 spiro atoms. The van der Waals surface area contributed by atoms with Crippen LogP contribution < -0.4 is 0 Å². The van der Waals surface area contributed by atoms with Crippen molar-refractivity contribution in [1.29, 1.82) is 0 Å². The molecular formula is C50H32. The van der Waals surface area contributed by atoms with Gasteiger partial charge < -0.3 is 0 Å². The molecule has 0 saturated carbocycles. The van der Waals surface area contributed by atoms with Crippen molar-refractivity contribution in [3.63, 3.8) is 0 Å². The van der Waals surface area contributed by atoms with Gasteiger partial charge in [0, 0.05) is 23.7 Å². The largest absolute Gasteiger partial charge is 0.0676 e. The molecule has 232 valence electrons. The van der Waals surface area contributed by atoms with Gasteiger partial charge in [-0.05, 0) is 99.5 Å². The molecule has 50 heavy (non-hydrogen) atoms. The zero-order valence-corrected chi connectivity index (χ0v) is 27.5. The summed E-state index contributed by atoms with van der Waals surface area (Å²) in [5.74, 6) is 0.967. The van der Waals surface area contributed by atoms with Crippen molar-refractivity contribution in [3.8, 4) is 0 Å². The van der Waals surface area contributed by atoms with Crippen molar-refractivity contribution >= 4 is 55.0 Å². The van der Waals surface area contributed by atoms with Gasteiger partial charge in [0.25, 0.3) is 0 Å². The second kappa shape index (κ2) is 9.80. The highest BCUT2D eigenvalue weighted by Gasteiger charge is 2.44. The molecule has 4 atom stereocenters. The number of fused-ring (bicyclic) bond motifs is 10. The van der Waals surface area contributed by atoms with E-state index in [-0.39, 0.29) is 23.7 Å². The van der Waals surface area contributed by atoms with Crippen LogP contribution in [0.2, 0.25) is 0 Å². The van der Waals surface area contributed by atoms with Gasteiger partial charge in [-0.25, -0.2) is 0 Å². The zero-order valence-electron chi connectivity index (χ0n) is 27.5. The second-order valence-electron chi connectivity index (χ2n) is 14.7. The van der Waals surface area contributed by atoms with Gasteiger partial charge >= 0.3 is 0 Å². The predicted octanol–water partition coefficient (Wildman–Crippen LogP) is 12.2. The maximum Gasteiger partial charge on any atom is 0.0137 e. The molecule has 4 unspecified atom stereocenters. The standard InChI is InChI=1S/C50H32/c1-3-11-29(12-4-1)37-23-45-46(47-27-41-35-21-9-17-31-15-7-19-33(49(31)35)39(41)25-43(37)47)24-38(30-13-5-2-6-14-30)44-26-40-34-20-8-16-32-18-10-22-36(50(32)34)42(40)28-48(44)45/h1-28,43-44,47-48H. The van der Waals surface area contributed by atoms with Crippen molar-refractivity contribution in [2.24, 2.45) is 23.7 Å². The summed E-state index contributed by atoms with van der Waals surface area (Å²) in [6.45, 7) is 0. The van der Waals surface area contributed by atoms with Crippen LogP contribution in [0, 0.1) is 23.7 Å². The molecule has 0 nitrogen and oxygen atoms in total. The third-order valence-electron chi connectivity index (χ3n) is 12.3. The van der Waals surface area contributed by atoms with Crippen LogP contribution in [0.15, 0.2) is 181 Å². The maximum absolute atomic E-state index is 2.64. The van der Waals surface area contributed by atoms with Gasteiger partial charge in [0.2, 0.25) is 0 Å². The number of allylic oxidation sites excluding steroid dienone is 14. The topological polar surface area (TPSA) is 0 Å². The molecule has 0 heterocycles. The molecule has 6 aliphatic carbocycles. The lowest BCUT2D eigenvalue weighted by molar-refractivity contribution is 0.588. The Morgan fingerprint density at radius 1 is 0.300 bits per heavy atom. The Morgan fingerprint density at radius 2 is 0.640 bits per heavy atom. The average molecular weight is 633 g/mol. The molecule has 0 fully saturated rings. The lowest BCUT2D eigenvalue weighted by Gasteiger charge is -2.43. The lowest BCUT2D eigenvalue weighted by Crippen LogP contribution is -2.30. The maximum atomic E-state index is 2.64. The van der Waals surface area contributed by atoms with Crippen molar-refractivity contribution < 1.29 is 0 Å². The van der Waals surface area contributed by atoms with Crippen LogP contribution in [0.3, 0.4) is 0 Å². The van der Waals surface area contributed by atoms with Crippen LogP contribution in [0.1, 0.15) is 33.4 Å². The van der Waals surface area contributed by atoms with E-state index in [9.17, 15) is 0 Å². The quantitative estimate of drug-likeness (QED) is 0.178. The molecule has 6 aromatic carbocycles. The Hall–Kier alpha value is -5.98. The number of rotatable bonds is 2. The van der Waals surface area contributed by atoms with E-state index in [4.69, 9.17) is 0 Å². The third kappa shape index (κ3) is 3.51. The Bertz CT molecular complexity index is 2540. The van der Waals surface area contributed by atoms with Crippen molar-refractivity contribution in [2.45, 2.75) is 0 Å². The summed E-state index contributed by atoms with van der Waals surface area (Å²) < 4.78 is 0. The second-order valence-corrected chi connectivity index (χ2v) is 14.7. The third-order valence-corrected chi connectivity index (χ3v) is 12.3. The highest BCUT2D eigenvalue weighted by molar-refractivity contribution is 6.24. The Labute approximate surface area is 292 Å². The zero-order chi connectivity index (χ0) is 32.5. The first-order valence-electron chi connectivity index (χ1n) is 18.0. The Morgan fingerprint density at radius 3 is 1.00 bits per heavy atom. The summed E-state index contributed by atoms with van der Waals surface area (Å²) in [7, 11) is 0. The van der Waals surface area contributed by atoms with Gasteiger partial charge in [0.1, 0.15) is 0 Å². The molecule has 6 aromatic rings. The normalized spacial score (nSPS) is 23.4. The van der Waals surface area contributed by atoms with E-state index < -0.39 is 0 Å². The first-order valence-corrected chi connectivity index (χ1v) is 18.0. The molecule has 0 saturated heterocycles. The highest BCUT2D eigenvalue weighted by Crippen LogP contribution is 2.60. The van der Waals surface area contributed by atoms with Crippen molar-refractivity contribution in [3.05, 3.63) is 214 Å². The van der Waals surface area contributed by atoms with Gasteiger partial charge in [0.15, 0.2) is 0 Å². The van der Waals surface area contributed by atoms with E-state index in [0.717, 1.165) is 0 Å². The van der Waals surface area contributed by atoms with Crippen molar-refractivity contribution in [2.75, 3.05) is 0 Å². The van der Waals surface area contributed by atoms with Crippen LogP contribution in [-0.2, 0) is 0 Å². The minimum absolute atomic E-state index is 0.237. The SMILES string of the molecule is C1=C2C(=CC3C4=C(C=C(c5ccccc5)C13)C1C=C3C(=CC1C(c1ccccc1)=C4)c1cccc4cccc3c14)c1cccc3cccc2c13. The van der Waals surface area contributed by atoms with E-state index in [1.165, 1.54) is 99.5 Å². The molecular weight excluding hydrogens is 601 g/mol. The Kier molecular flexibility index (Phi) is 5.28. The van der Waals surface area contributed by atoms with Crippen molar-refractivity contribution in [1.82, 2.24) is 0 Å². The predicted molar refractivity (Wildman–Crippen MR) is 210 cm³/mol. The van der Waals surface area contributed by atoms with Gasteiger partial charge in [-0.2, -0.15) is 0 Å². The van der Waals surface area contributed by atoms with Crippen LogP contribution in [0.4, 0.5) is 0 Å². The smallest absolute Gasteiger partial charge is 0.0137 e. The fraction of sp³-hybridized carbons (Fsp3) is 0.0800. The van der Waals surface area contributed by atoms with E-state index in [1.807, 2.05) is 0 Å². The number of benzene rings is 6. The molecule has 0 heteroatoms.